The molecule has 0 spiro atoms. The molecule has 0 aliphatic carbocycles. The first-order valence-corrected chi connectivity index (χ1v) is 7.44. The molecule has 2 aromatic rings. The highest BCUT2D eigenvalue weighted by Gasteiger charge is 2.13. The van der Waals surface area contributed by atoms with Gasteiger partial charge in [0.25, 0.3) is 5.78 Å². The lowest BCUT2D eigenvalue weighted by Crippen LogP contribution is -2.29. The van der Waals surface area contributed by atoms with Gasteiger partial charge >= 0.3 is 0 Å². The van der Waals surface area contributed by atoms with Crippen molar-refractivity contribution in [2.75, 3.05) is 19.3 Å². The Morgan fingerprint density at radius 1 is 1.48 bits per heavy atom. The van der Waals surface area contributed by atoms with Crippen molar-refractivity contribution >= 4 is 23.4 Å². The van der Waals surface area contributed by atoms with Gasteiger partial charge in [0.15, 0.2) is 0 Å². The lowest BCUT2D eigenvalue weighted by molar-refractivity contribution is -0.127. The molecular formula is C13H16N6OS. The molecule has 0 N–H and O–H groups in total. The van der Waals surface area contributed by atoms with Crippen LogP contribution < -0.4 is 0 Å². The van der Waals surface area contributed by atoms with Crippen molar-refractivity contribution in [1.29, 1.82) is 5.26 Å². The van der Waals surface area contributed by atoms with E-state index >= 15 is 0 Å². The number of rotatable bonds is 5. The zero-order valence-electron chi connectivity index (χ0n) is 12.2. The van der Waals surface area contributed by atoms with Crippen molar-refractivity contribution in [2.24, 2.45) is 0 Å². The van der Waals surface area contributed by atoms with Gasteiger partial charge in [0.1, 0.15) is 0 Å². The first kappa shape index (κ1) is 15.3. The number of nitriles is 1. The van der Waals surface area contributed by atoms with Crippen molar-refractivity contribution in [3.05, 3.63) is 17.5 Å². The second-order valence-corrected chi connectivity index (χ2v) is 5.60. The van der Waals surface area contributed by atoms with Gasteiger partial charge in [0, 0.05) is 25.0 Å². The Morgan fingerprint density at radius 3 is 2.95 bits per heavy atom. The summed E-state index contributed by atoms with van der Waals surface area (Å²) in [7, 11) is 1.69. The van der Waals surface area contributed by atoms with Crippen molar-refractivity contribution in [2.45, 2.75) is 25.4 Å². The summed E-state index contributed by atoms with van der Waals surface area (Å²) in [6, 6.07) is 3.95. The molecule has 0 aliphatic heterocycles. The minimum atomic E-state index is -0.0463. The fraction of sp³-hybridized carbons (Fsp3) is 0.462. The van der Waals surface area contributed by atoms with E-state index in [1.807, 2.05) is 26.0 Å². The Balaban J connectivity index is 2.02. The molecule has 0 atom stereocenters. The van der Waals surface area contributed by atoms with Crippen LogP contribution in [0.4, 0.5) is 0 Å². The monoisotopic (exact) mass is 304 g/mol. The van der Waals surface area contributed by atoms with Gasteiger partial charge in [0.2, 0.25) is 11.1 Å². The van der Waals surface area contributed by atoms with Gasteiger partial charge in [-0.15, -0.1) is 5.10 Å². The topological polar surface area (TPSA) is 87.2 Å². The highest BCUT2D eigenvalue weighted by atomic mass is 32.2. The molecule has 2 heterocycles. The molecule has 21 heavy (non-hydrogen) atoms. The van der Waals surface area contributed by atoms with Gasteiger partial charge in [-0.25, -0.2) is 9.50 Å². The van der Waals surface area contributed by atoms with E-state index in [0.717, 1.165) is 11.4 Å². The van der Waals surface area contributed by atoms with Crippen molar-refractivity contribution in [3.63, 3.8) is 0 Å². The van der Waals surface area contributed by atoms with E-state index in [9.17, 15) is 4.79 Å². The van der Waals surface area contributed by atoms with Crippen LogP contribution >= 0.6 is 11.8 Å². The normalized spacial score (nSPS) is 10.6. The van der Waals surface area contributed by atoms with Gasteiger partial charge in [-0.1, -0.05) is 11.8 Å². The van der Waals surface area contributed by atoms with Crippen LogP contribution in [0.5, 0.6) is 0 Å². The van der Waals surface area contributed by atoms with Gasteiger partial charge in [-0.05, 0) is 19.9 Å². The summed E-state index contributed by atoms with van der Waals surface area (Å²) in [4.78, 5) is 22.0. The third kappa shape index (κ3) is 3.70. The van der Waals surface area contributed by atoms with E-state index in [1.165, 1.54) is 11.8 Å². The van der Waals surface area contributed by atoms with E-state index in [1.54, 1.807) is 16.5 Å². The third-order valence-electron chi connectivity index (χ3n) is 2.91. The van der Waals surface area contributed by atoms with Crippen LogP contribution in [0, 0.1) is 25.2 Å². The van der Waals surface area contributed by atoms with E-state index in [0.29, 0.717) is 23.9 Å². The zero-order chi connectivity index (χ0) is 15.4. The summed E-state index contributed by atoms with van der Waals surface area (Å²) in [6.45, 7) is 4.28. The number of thioether (sulfide) groups is 1. The fourth-order valence-corrected chi connectivity index (χ4v) is 2.55. The molecule has 0 bridgehead atoms. The van der Waals surface area contributed by atoms with Crippen LogP contribution in [-0.4, -0.2) is 49.7 Å². The molecule has 0 radical (unpaired) electrons. The van der Waals surface area contributed by atoms with Crippen molar-refractivity contribution in [3.8, 4) is 6.07 Å². The van der Waals surface area contributed by atoms with Gasteiger partial charge < -0.3 is 4.90 Å². The lowest BCUT2D eigenvalue weighted by Gasteiger charge is -2.14. The first-order valence-electron chi connectivity index (χ1n) is 6.46. The molecular weight excluding hydrogens is 288 g/mol. The number of hydrogen-bond donors (Lipinski definition) is 0. The number of fused-ring (bicyclic) bond motifs is 1. The molecule has 0 saturated carbocycles. The average Bonchev–Trinajstić information content (AvgIpc) is 2.85. The van der Waals surface area contributed by atoms with Crippen LogP contribution in [0.2, 0.25) is 0 Å². The quantitative estimate of drug-likeness (QED) is 0.771. The summed E-state index contributed by atoms with van der Waals surface area (Å²) in [5.74, 6) is 0.742. The van der Waals surface area contributed by atoms with E-state index in [-0.39, 0.29) is 11.7 Å². The van der Waals surface area contributed by atoms with Crippen molar-refractivity contribution < 1.29 is 4.79 Å². The summed E-state index contributed by atoms with van der Waals surface area (Å²) >= 11 is 1.27. The number of aromatic nitrogens is 4. The predicted molar refractivity (Wildman–Crippen MR) is 78.8 cm³/mol. The summed E-state index contributed by atoms with van der Waals surface area (Å²) in [5.41, 5.74) is 1.84. The molecule has 2 aromatic heterocycles. The van der Waals surface area contributed by atoms with Gasteiger partial charge in [0.05, 0.1) is 18.2 Å². The maximum atomic E-state index is 11.9. The largest absolute Gasteiger partial charge is 0.344 e. The van der Waals surface area contributed by atoms with E-state index < -0.39 is 0 Å². The van der Waals surface area contributed by atoms with Crippen LogP contribution in [-0.2, 0) is 4.79 Å². The molecule has 2 rings (SSSR count). The second kappa shape index (κ2) is 6.54. The molecule has 0 saturated heterocycles. The molecule has 110 valence electrons. The second-order valence-electron chi connectivity index (χ2n) is 4.66. The molecule has 0 fully saturated rings. The summed E-state index contributed by atoms with van der Waals surface area (Å²) in [5, 5.41) is 13.4. The highest BCUT2D eigenvalue weighted by molar-refractivity contribution is 7.99. The Bertz CT molecular complexity index is 704. The number of carbonyl (C=O) groups excluding carboxylic acids is 1. The van der Waals surface area contributed by atoms with Crippen LogP contribution in [0.15, 0.2) is 11.2 Å². The minimum absolute atomic E-state index is 0.0463. The fourth-order valence-electron chi connectivity index (χ4n) is 1.79. The van der Waals surface area contributed by atoms with Crippen LogP contribution in [0.3, 0.4) is 0 Å². The van der Waals surface area contributed by atoms with E-state index in [4.69, 9.17) is 5.26 Å². The maximum absolute atomic E-state index is 11.9. The standard InChI is InChI=1S/C13H16N6OS/c1-9-7-10(2)19-12(15-9)16-13(17-19)21-8-11(20)18(3)6-4-5-14/h7H,4,6,8H2,1-3H3. The molecule has 0 unspecified atom stereocenters. The maximum Gasteiger partial charge on any atom is 0.253 e. The molecule has 1 amide bonds. The Morgan fingerprint density at radius 2 is 2.24 bits per heavy atom. The molecule has 8 heteroatoms. The molecule has 7 nitrogen and oxygen atoms in total. The number of amides is 1. The summed E-state index contributed by atoms with van der Waals surface area (Å²) < 4.78 is 1.67. The Hall–Kier alpha value is -2.14. The van der Waals surface area contributed by atoms with E-state index in [2.05, 4.69) is 15.1 Å². The number of nitrogens with zero attached hydrogens (tertiary/aromatic N) is 6. The van der Waals surface area contributed by atoms with Crippen LogP contribution in [0.25, 0.3) is 5.78 Å². The van der Waals surface area contributed by atoms with Gasteiger partial charge in [-0.3, -0.25) is 4.79 Å². The van der Waals surface area contributed by atoms with Gasteiger partial charge in [-0.2, -0.15) is 10.2 Å². The highest BCUT2D eigenvalue weighted by Crippen LogP contribution is 2.15. The van der Waals surface area contributed by atoms with Crippen LogP contribution in [0.1, 0.15) is 17.8 Å². The third-order valence-corrected chi connectivity index (χ3v) is 3.73. The number of carbonyl (C=O) groups is 1. The molecule has 0 aromatic carbocycles. The SMILES string of the molecule is Cc1cc(C)n2nc(SCC(=O)N(C)CCC#N)nc2n1. The number of aryl methyl sites for hydroxylation is 2. The van der Waals surface area contributed by atoms with Crippen molar-refractivity contribution in [1.82, 2.24) is 24.5 Å². The zero-order valence-corrected chi connectivity index (χ0v) is 13.0. The lowest BCUT2D eigenvalue weighted by atomic mass is 10.4. The predicted octanol–water partition coefficient (Wildman–Crippen LogP) is 1.21. The smallest absolute Gasteiger partial charge is 0.253 e. The number of hydrogen-bond acceptors (Lipinski definition) is 6. The minimum Gasteiger partial charge on any atom is -0.344 e. The molecule has 0 aliphatic rings. The Labute approximate surface area is 127 Å². The average molecular weight is 304 g/mol. The first-order chi connectivity index (χ1) is 10.0. The summed E-state index contributed by atoms with van der Waals surface area (Å²) in [6.07, 6.45) is 0.335. The Kier molecular flexibility index (Phi) is 4.75.